The van der Waals surface area contributed by atoms with Gasteiger partial charge in [-0.15, -0.1) is 0 Å². The number of rotatable bonds is 7. The predicted molar refractivity (Wildman–Crippen MR) is 117 cm³/mol. The van der Waals surface area contributed by atoms with Crippen LogP contribution in [0.5, 0.6) is 5.75 Å². The van der Waals surface area contributed by atoms with Crippen LogP contribution in [-0.2, 0) is 9.53 Å². The second kappa shape index (κ2) is 9.10. The van der Waals surface area contributed by atoms with Crippen molar-refractivity contribution in [3.63, 3.8) is 0 Å². The van der Waals surface area contributed by atoms with Crippen LogP contribution in [0.3, 0.4) is 0 Å². The Kier molecular flexibility index (Phi) is 6.09. The number of carbonyl (C=O) groups excluding carboxylic acids is 1. The van der Waals surface area contributed by atoms with Gasteiger partial charge in [0.1, 0.15) is 19.0 Å². The number of nitrogens with one attached hydrogen (secondary N) is 1. The van der Waals surface area contributed by atoms with Crippen molar-refractivity contribution in [1.29, 1.82) is 0 Å². The van der Waals surface area contributed by atoms with Crippen molar-refractivity contribution in [3.8, 4) is 16.9 Å². The molecule has 3 aromatic carbocycles. The highest BCUT2D eigenvalue weighted by atomic mass is 35.5. The molecule has 158 valence electrons. The SMILES string of the molecule is O=C(NC(COc1ccccc1Cl)C(=O)O)OCC1c2ccccc2-c2ccccc21. The summed E-state index contributed by atoms with van der Waals surface area (Å²) in [6, 6.07) is 21.4. The molecule has 0 radical (unpaired) electrons. The first kappa shape index (κ1) is 20.8. The maximum atomic E-state index is 12.3. The summed E-state index contributed by atoms with van der Waals surface area (Å²) >= 11 is 6.01. The zero-order chi connectivity index (χ0) is 21.8. The van der Waals surface area contributed by atoms with Gasteiger partial charge in [0.25, 0.3) is 0 Å². The third-order valence-corrected chi connectivity index (χ3v) is 5.49. The molecule has 1 aliphatic carbocycles. The van der Waals surface area contributed by atoms with Crippen molar-refractivity contribution in [1.82, 2.24) is 5.32 Å². The second-order valence-electron chi connectivity index (χ2n) is 7.10. The van der Waals surface area contributed by atoms with Crippen LogP contribution >= 0.6 is 11.6 Å². The molecule has 4 rings (SSSR count). The molecule has 7 heteroatoms. The van der Waals surface area contributed by atoms with Crippen molar-refractivity contribution in [2.75, 3.05) is 13.2 Å². The summed E-state index contributed by atoms with van der Waals surface area (Å²) < 4.78 is 10.9. The largest absolute Gasteiger partial charge is 0.489 e. The van der Waals surface area contributed by atoms with Gasteiger partial charge in [0, 0.05) is 5.92 Å². The highest BCUT2D eigenvalue weighted by Gasteiger charge is 2.30. The van der Waals surface area contributed by atoms with Gasteiger partial charge >= 0.3 is 12.1 Å². The standard InChI is InChI=1S/C24H20ClNO5/c25-20-11-5-6-12-22(20)30-14-21(23(27)28)26-24(29)31-13-19-17-9-3-1-7-15(17)16-8-2-4-10-18(16)19/h1-12,19,21H,13-14H2,(H,26,29)(H,27,28). The van der Waals surface area contributed by atoms with E-state index in [0.717, 1.165) is 22.3 Å². The highest BCUT2D eigenvalue weighted by molar-refractivity contribution is 6.32. The van der Waals surface area contributed by atoms with E-state index in [1.807, 2.05) is 48.5 Å². The molecule has 31 heavy (non-hydrogen) atoms. The Morgan fingerprint density at radius 2 is 1.52 bits per heavy atom. The number of carboxylic acids is 1. The summed E-state index contributed by atoms with van der Waals surface area (Å²) in [5, 5.41) is 12.1. The zero-order valence-electron chi connectivity index (χ0n) is 16.5. The number of carboxylic acid groups (broad SMARTS) is 1. The van der Waals surface area contributed by atoms with Crippen molar-refractivity contribution in [3.05, 3.63) is 88.9 Å². The zero-order valence-corrected chi connectivity index (χ0v) is 17.2. The van der Waals surface area contributed by atoms with E-state index in [9.17, 15) is 14.7 Å². The van der Waals surface area contributed by atoms with Crippen LogP contribution in [0, 0.1) is 0 Å². The number of fused-ring (bicyclic) bond motifs is 3. The van der Waals surface area contributed by atoms with Crippen LogP contribution in [0.15, 0.2) is 72.8 Å². The van der Waals surface area contributed by atoms with E-state index in [1.165, 1.54) is 0 Å². The summed E-state index contributed by atoms with van der Waals surface area (Å²) in [6.07, 6.45) is -0.822. The number of para-hydroxylation sites is 1. The molecule has 0 bridgehead atoms. The molecule has 3 aromatic rings. The summed E-state index contributed by atoms with van der Waals surface area (Å²) in [4.78, 5) is 23.9. The molecule has 0 heterocycles. The predicted octanol–water partition coefficient (Wildman–Crippen LogP) is 4.71. The number of hydrogen-bond acceptors (Lipinski definition) is 4. The summed E-state index contributed by atoms with van der Waals surface area (Å²) in [7, 11) is 0. The lowest BCUT2D eigenvalue weighted by Gasteiger charge is -2.18. The van der Waals surface area contributed by atoms with Crippen LogP contribution in [0.25, 0.3) is 11.1 Å². The van der Waals surface area contributed by atoms with E-state index < -0.39 is 18.1 Å². The minimum absolute atomic E-state index is 0.0948. The number of ether oxygens (including phenoxy) is 2. The number of amides is 1. The molecule has 0 fully saturated rings. The third kappa shape index (κ3) is 4.49. The molecule has 0 saturated carbocycles. The molecule has 6 nitrogen and oxygen atoms in total. The first-order valence-electron chi connectivity index (χ1n) is 9.76. The smallest absolute Gasteiger partial charge is 0.407 e. The Labute approximate surface area is 184 Å². The van der Waals surface area contributed by atoms with Crippen molar-refractivity contribution >= 4 is 23.7 Å². The maximum absolute atomic E-state index is 12.3. The molecule has 0 saturated heterocycles. The topological polar surface area (TPSA) is 84.9 Å². The van der Waals surface area contributed by atoms with Crippen LogP contribution in [-0.4, -0.2) is 36.4 Å². The number of benzene rings is 3. The first-order valence-corrected chi connectivity index (χ1v) is 10.1. The van der Waals surface area contributed by atoms with E-state index in [4.69, 9.17) is 21.1 Å². The Morgan fingerprint density at radius 1 is 0.935 bits per heavy atom. The quantitative estimate of drug-likeness (QED) is 0.559. The Balaban J connectivity index is 1.39. The Morgan fingerprint density at radius 3 is 2.13 bits per heavy atom. The van der Waals surface area contributed by atoms with Gasteiger partial charge in [-0.3, -0.25) is 0 Å². The van der Waals surface area contributed by atoms with Crippen molar-refractivity contribution in [2.24, 2.45) is 0 Å². The van der Waals surface area contributed by atoms with Gasteiger partial charge in [-0.25, -0.2) is 9.59 Å². The average molecular weight is 438 g/mol. The Hall–Kier alpha value is -3.51. The number of carbonyl (C=O) groups is 2. The minimum atomic E-state index is -1.29. The molecule has 1 atom stereocenters. The van der Waals surface area contributed by atoms with E-state index in [-0.39, 0.29) is 19.1 Å². The summed E-state index contributed by atoms with van der Waals surface area (Å²) in [6.45, 7) is -0.194. The number of hydrogen-bond donors (Lipinski definition) is 2. The first-order chi connectivity index (χ1) is 15.0. The van der Waals surface area contributed by atoms with Crippen molar-refractivity contribution in [2.45, 2.75) is 12.0 Å². The monoisotopic (exact) mass is 437 g/mol. The van der Waals surface area contributed by atoms with Gasteiger partial charge in [0.2, 0.25) is 0 Å². The summed E-state index contributed by atoms with van der Waals surface area (Å²) in [5.74, 6) is -1.01. The van der Waals surface area contributed by atoms with Gasteiger partial charge in [-0.2, -0.15) is 0 Å². The average Bonchev–Trinajstić information content (AvgIpc) is 3.10. The van der Waals surface area contributed by atoms with Crippen LogP contribution < -0.4 is 10.1 Å². The number of aliphatic carboxylic acids is 1. The van der Waals surface area contributed by atoms with Crippen LogP contribution in [0.4, 0.5) is 4.79 Å². The summed E-state index contributed by atoms with van der Waals surface area (Å²) in [5.41, 5.74) is 4.38. The van der Waals surface area contributed by atoms with Crippen LogP contribution in [0.2, 0.25) is 5.02 Å². The number of alkyl carbamates (subject to hydrolysis) is 1. The molecule has 2 N–H and O–H groups in total. The molecule has 1 amide bonds. The van der Waals surface area contributed by atoms with Gasteiger partial charge in [0.05, 0.1) is 5.02 Å². The van der Waals surface area contributed by atoms with Gasteiger partial charge in [-0.1, -0.05) is 72.3 Å². The highest BCUT2D eigenvalue weighted by Crippen LogP contribution is 2.44. The van der Waals surface area contributed by atoms with E-state index in [0.29, 0.717) is 10.8 Å². The number of halogens is 1. The fourth-order valence-electron chi connectivity index (χ4n) is 3.69. The van der Waals surface area contributed by atoms with E-state index >= 15 is 0 Å². The fourth-order valence-corrected chi connectivity index (χ4v) is 3.88. The molecular formula is C24H20ClNO5. The van der Waals surface area contributed by atoms with Gasteiger partial charge < -0.3 is 19.9 Å². The molecule has 0 aliphatic heterocycles. The third-order valence-electron chi connectivity index (χ3n) is 5.18. The van der Waals surface area contributed by atoms with E-state index in [2.05, 4.69) is 5.32 Å². The lowest BCUT2D eigenvalue weighted by atomic mass is 9.98. The molecule has 0 spiro atoms. The lowest BCUT2D eigenvalue weighted by Crippen LogP contribution is -2.45. The maximum Gasteiger partial charge on any atom is 0.407 e. The van der Waals surface area contributed by atoms with E-state index in [1.54, 1.807) is 24.3 Å². The molecule has 0 aromatic heterocycles. The molecule has 1 unspecified atom stereocenters. The molecule has 1 aliphatic rings. The van der Waals surface area contributed by atoms with Gasteiger partial charge in [-0.05, 0) is 34.4 Å². The normalized spacial score (nSPS) is 13.1. The van der Waals surface area contributed by atoms with Gasteiger partial charge in [0.15, 0.2) is 6.04 Å². The molecular weight excluding hydrogens is 418 g/mol. The fraction of sp³-hybridized carbons (Fsp3) is 0.167. The lowest BCUT2D eigenvalue weighted by molar-refractivity contribution is -0.140. The Bertz CT molecular complexity index is 1070. The second-order valence-corrected chi connectivity index (χ2v) is 7.51. The van der Waals surface area contributed by atoms with Crippen LogP contribution in [0.1, 0.15) is 17.0 Å². The minimum Gasteiger partial charge on any atom is -0.489 e. The van der Waals surface area contributed by atoms with Crippen molar-refractivity contribution < 1.29 is 24.2 Å².